The van der Waals surface area contributed by atoms with Gasteiger partial charge in [0.2, 0.25) is 0 Å². The molecule has 0 saturated heterocycles. The maximum absolute atomic E-state index is 11.7. The Morgan fingerprint density at radius 1 is 1.11 bits per heavy atom. The fourth-order valence-corrected chi connectivity index (χ4v) is 1.83. The van der Waals surface area contributed by atoms with E-state index in [9.17, 15) is 4.79 Å². The van der Waals surface area contributed by atoms with Gasteiger partial charge in [-0.25, -0.2) is 9.78 Å². The summed E-state index contributed by atoms with van der Waals surface area (Å²) in [5.74, 6) is 0. The molecule has 2 N–H and O–H groups in total. The summed E-state index contributed by atoms with van der Waals surface area (Å²) in [6.45, 7) is 0. The second-order valence-electron chi connectivity index (χ2n) is 3.58. The number of nitrogens with zero attached hydrogens (tertiary/aromatic N) is 1. The van der Waals surface area contributed by atoms with Crippen LogP contribution in [-0.4, -0.2) is 11.0 Å². The average molecular weight is 361 g/mol. The summed E-state index contributed by atoms with van der Waals surface area (Å²) in [5.41, 5.74) is 1.14. The van der Waals surface area contributed by atoms with Crippen molar-refractivity contribution >= 4 is 56.5 Å². The Balaban J connectivity index is 2.01. The van der Waals surface area contributed by atoms with Crippen molar-refractivity contribution in [2.45, 2.75) is 0 Å². The highest BCUT2D eigenvalue weighted by atomic mass is 79.9. The van der Waals surface area contributed by atoms with E-state index in [0.717, 1.165) is 0 Å². The first-order chi connectivity index (χ1) is 9.04. The molecule has 1 aromatic heterocycles. The van der Waals surface area contributed by atoms with Crippen molar-refractivity contribution in [3.63, 3.8) is 0 Å². The third-order valence-corrected chi connectivity index (χ3v) is 3.56. The van der Waals surface area contributed by atoms with Gasteiger partial charge in [-0.05, 0) is 46.3 Å². The normalized spacial score (nSPS) is 10.1. The maximum Gasteiger partial charge on any atom is 0.323 e. The summed E-state index contributed by atoms with van der Waals surface area (Å²) in [4.78, 5) is 15.7. The number of urea groups is 1. The summed E-state index contributed by atoms with van der Waals surface area (Å²) in [6.07, 6.45) is 1.50. The molecule has 0 aliphatic rings. The first-order valence-electron chi connectivity index (χ1n) is 5.19. The van der Waals surface area contributed by atoms with Gasteiger partial charge in [0, 0.05) is 10.7 Å². The van der Waals surface area contributed by atoms with Crippen molar-refractivity contribution in [2.75, 3.05) is 10.6 Å². The molecule has 98 valence electrons. The van der Waals surface area contributed by atoms with Crippen LogP contribution in [0, 0.1) is 0 Å². The summed E-state index contributed by atoms with van der Waals surface area (Å²) in [6, 6.07) is 8.00. The van der Waals surface area contributed by atoms with E-state index in [4.69, 9.17) is 23.2 Å². The van der Waals surface area contributed by atoms with Crippen LogP contribution in [0.4, 0.5) is 16.2 Å². The molecule has 4 nitrogen and oxygen atoms in total. The van der Waals surface area contributed by atoms with Crippen LogP contribution >= 0.6 is 39.1 Å². The van der Waals surface area contributed by atoms with Crippen LogP contribution in [0.3, 0.4) is 0 Å². The van der Waals surface area contributed by atoms with Gasteiger partial charge in [0.1, 0.15) is 4.60 Å². The highest BCUT2D eigenvalue weighted by Crippen LogP contribution is 2.22. The third-order valence-electron chi connectivity index (χ3n) is 2.16. The molecule has 1 aromatic carbocycles. The minimum Gasteiger partial charge on any atom is -0.308 e. The molecule has 0 radical (unpaired) electrons. The average Bonchev–Trinajstić information content (AvgIpc) is 2.37. The number of aromatic nitrogens is 1. The molecule has 0 spiro atoms. The summed E-state index contributed by atoms with van der Waals surface area (Å²) in [7, 11) is 0. The molecule has 2 rings (SSSR count). The number of hydrogen-bond acceptors (Lipinski definition) is 2. The predicted octanol–water partition coefficient (Wildman–Crippen LogP) is 4.79. The summed E-state index contributed by atoms with van der Waals surface area (Å²) in [5, 5.41) is 6.31. The summed E-state index contributed by atoms with van der Waals surface area (Å²) < 4.78 is 0.526. The highest BCUT2D eigenvalue weighted by molar-refractivity contribution is 9.10. The van der Waals surface area contributed by atoms with Gasteiger partial charge in [0.05, 0.1) is 16.9 Å². The largest absolute Gasteiger partial charge is 0.323 e. The van der Waals surface area contributed by atoms with E-state index >= 15 is 0 Å². The number of rotatable bonds is 2. The van der Waals surface area contributed by atoms with E-state index in [1.807, 2.05) is 0 Å². The Labute approximate surface area is 128 Å². The van der Waals surface area contributed by atoms with Crippen molar-refractivity contribution in [2.24, 2.45) is 0 Å². The lowest BCUT2D eigenvalue weighted by atomic mass is 10.3. The molecule has 0 aliphatic heterocycles. The second kappa shape index (κ2) is 6.23. The molecule has 0 unspecified atom stereocenters. The molecule has 1 heterocycles. The van der Waals surface area contributed by atoms with Crippen molar-refractivity contribution < 1.29 is 4.79 Å². The van der Waals surface area contributed by atoms with Crippen molar-refractivity contribution in [1.29, 1.82) is 0 Å². The van der Waals surface area contributed by atoms with Crippen LogP contribution in [0.5, 0.6) is 0 Å². The van der Waals surface area contributed by atoms with Gasteiger partial charge in [-0.2, -0.15) is 0 Å². The Morgan fingerprint density at radius 3 is 2.37 bits per heavy atom. The van der Waals surface area contributed by atoms with Crippen LogP contribution in [0.15, 0.2) is 41.1 Å². The Hall–Kier alpha value is -1.30. The third kappa shape index (κ3) is 4.09. The Morgan fingerprint density at radius 2 is 1.74 bits per heavy atom. The minimum absolute atomic E-state index is 0.387. The first-order valence-corrected chi connectivity index (χ1v) is 6.74. The molecule has 2 aromatic rings. The van der Waals surface area contributed by atoms with Crippen LogP contribution in [0.25, 0.3) is 0 Å². The molecular formula is C12H8BrCl2N3O. The molecule has 2 amide bonds. The minimum atomic E-state index is -0.387. The van der Waals surface area contributed by atoms with Gasteiger partial charge < -0.3 is 10.6 Å². The monoisotopic (exact) mass is 359 g/mol. The Kier molecular flexibility index (Phi) is 4.63. The number of anilines is 2. The molecular weight excluding hydrogens is 353 g/mol. The number of carbonyl (C=O) groups excluding carboxylic acids is 1. The number of halogens is 3. The van der Waals surface area contributed by atoms with Gasteiger partial charge in [-0.15, -0.1) is 0 Å². The van der Waals surface area contributed by atoms with E-state index in [0.29, 0.717) is 26.0 Å². The Bertz CT molecular complexity index is 604. The smallest absolute Gasteiger partial charge is 0.308 e. The number of amides is 2. The zero-order chi connectivity index (χ0) is 13.8. The standard InChI is InChI=1S/C12H8BrCl2N3O/c13-11-10(15)5-9(6-16-11)18-12(19)17-8-3-1-7(14)2-4-8/h1-6H,(H2,17,18,19). The van der Waals surface area contributed by atoms with Crippen LogP contribution in [0.1, 0.15) is 0 Å². The van der Waals surface area contributed by atoms with Gasteiger partial charge in [-0.1, -0.05) is 23.2 Å². The zero-order valence-corrected chi connectivity index (χ0v) is 12.6. The van der Waals surface area contributed by atoms with E-state index in [2.05, 4.69) is 31.5 Å². The lowest BCUT2D eigenvalue weighted by molar-refractivity contribution is 0.262. The number of nitrogens with one attached hydrogen (secondary N) is 2. The molecule has 0 atom stereocenters. The maximum atomic E-state index is 11.7. The highest BCUT2D eigenvalue weighted by Gasteiger charge is 2.05. The van der Waals surface area contributed by atoms with Crippen LogP contribution in [-0.2, 0) is 0 Å². The number of carbonyl (C=O) groups is 1. The van der Waals surface area contributed by atoms with Gasteiger partial charge >= 0.3 is 6.03 Å². The number of hydrogen-bond donors (Lipinski definition) is 2. The molecule has 7 heteroatoms. The van der Waals surface area contributed by atoms with Gasteiger partial charge in [0.25, 0.3) is 0 Å². The predicted molar refractivity (Wildman–Crippen MR) is 81.0 cm³/mol. The molecule has 0 bridgehead atoms. The lowest BCUT2D eigenvalue weighted by Gasteiger charge is -2.08. The number of pyridine rings is 1. The molecule has 0 saturated carbocycles. The van der Waals surface area contributed by atoms with E-state index in [1.54, 1.807) is 30.3 Å². The lowest BCUT2D eigenvalue weighted by Crippen LogP contribution is -2.19. The molecule has 0 aliphatic carbocycles. The molecule has 0 fully saturated rings. The topological polar surface area (TPSA) is 54.0 Å². The first kappa shape index (κ1) is 14.1. The quantitative estimate of drug-likeness (QED) is 0.756. The van der Waals surface area contributed by atoms with Crippen LogP contribution < -0.4 is 10.6 Å². The van der Waals surface area contributed by atoms with E-state index in [1.165, 1.54) is 6.20 Å². The zero-order valence-electron chi connectivity index (χ0n) is 9.45. The fraction of sp³-hybridized carbons (Fsp3) is 0. The van der Waals surface area contributed by atoms with Gasteiger partial charge in [0.15, 0.2) is 0 Å². The SMILES string of the molecule is O=C(Nc1ccc(Cl)cc1)Nc1cnc(Br)c(Cl)c1. The van der Waals surface area contributed by atoms with E-state index in [-0.39, 0.29) is 6.03 Å². The van der Waals surface area contributed by atoms with Crippen molar-refractivity contribution in [3.8, 4) is 0 Å². The van der Waals surface area contributed by atoms with Crippen molar-refractivity contribution in [1.82, 2.24) is 4.98 Å². The molecule has 19 heavy (non-hydrogen) atoms. The summed E-state index contributed by atoms with van der Waals surface area (Å²) >= 11 is 14.8. The van der Waals surface area contributed by atoms with E-state index < -0.39 is 0 Å². The van der Waals surface area contributed by atoms with Crippen molar-refractivity contribution in [3.05, 3.63) is 51.2 Å². The fourth-order valence-electron chi connectivity index (χ4n) is 1.32. The van der Waals surface area contributed by atoms with Crippen LogP contribution in [0.2, 0.25) is 10.0 Å². The second-order valence-corrected chi connectivity index (χ2v) is 5.18. The van der Waals surface area contributed by atoms with Gasteiger partial charge in [-0.3, -0.25) is 0 Å². The number of benzene rings is 1.